The van der Waals surface area contributed by atoms with E-state index in [0.29, 0.717) is 11.5 Å². The number of aryl methyl sites for hydroxylation is 1. The zero-order valence-corrected chi connectivity index (χ0v) is 13.0. The molecule has 0 aliphatic carbocycles. The number of benzene rings is 1. The molecule has 1 aliphatic rings. The second-order valence-electron chi connectivity index (χ2n) is 5.23. The number of carbonyl (C=O) groups excluding carboxylic acids is 1. The zero-order valence-electron chi connectivity index (χ0n) is 12.2. The van der Waals surface area contributed by atoms with Crippen LogP contribution in [0.3, 0.4) is 0 Å². The molecule has 0 fully saturated rings. The van der Waals surface area contributed by atoms with Crippen LogP contribution in [-0.4, -0.2) is 23.6 Å². The number of aromatic carboxylic acids is 1. The summed E-state index contributed by atoms with van der Waals surface area (Å²) in [5, 5.41) is 11.8. The van der Waals surface area contributed by atoms with Gasteiger partial charge in [-0.2, -0.15) is 0 Å². The molecule has 0 radical (unpaired) electrons. The second-order valence-corrected chi connectivity index (χ2v) is 6.32. The van der Waals surface area contributed by atoms with Crippen molar-refractivity contribution in [2.75, 3.05) is 6.61 Å². The quantitative estimate of drug-likeness (QED) is 0.912. The number of carbonyl (C=O) groups is 2. The van der Waals surface area contributed by atoms with Gasteiger partial charge in [0.05, 0.1) is 10.9 Å². The van der Waals surface area contributed by atoms with Crippen molar-refractivity contribution >= 4 is 23.2 Å². The van der Waals surface area contributed by atoms with E-state index in [1.54, 1.807) is 0 Å². The van der Waals surface area contributed by atoms with Gasteiger partial charge in [0.25, 0.3) is 5.91 Å². The fourth-order valence-electron chi connectivity index (χ4n) is 2.46. The van der Waals surface area contributed by atoms with E-state index in [0.717, 1.165) is 33.8 Å². The number of hydrogen-bond acceptors (Lipinski definition) is 4. The highest BCUT2D eigenvalue weighted by molar-refractivity contribution is 7.15. The molecule has 3 rings (SSSR count). The molecule has 1 unspecified atom stereocenters. The van der Waals surface area contributed by atoms with Crippen molar-refractivity contribution in [2.45, 2.75) is 19.9 Å². The minimum Gasteiger partial charge on any atom is -0.490 e. The molecule has 0 saturated heterocycles. The molecule has 1 aromatic carbocycles. The van der Waals surface area contributed by atoms with Crippen LogP contribution in [0.1, 0.15) is 42.1 Å². The summed E-state index contributed by atoms with van der Waals surface area (Å²) in [7, 11) is 0. The summed E-state index contributed by atoms with van der Waals surface area (Å²) in [5.41, 5.74) is 3.19. The summed E-state index contributed by atoms with van der Waals surface area (Å²) < 4.78 is 5.70. The van der Waals surface area contributed by atoms with E-state index in [1.165, 1.54) is 12.1 Å². The molecule has 22 heavy (non-hydrogen) atoms. The van der Waals surface area contributed by atoms with Gasteiger partial charge >= 0.3 is 5.97 Å². The normalized spacial score (nSPS) is 16.0. The van der Waals surface area contributed by atoms with Gasteiger partial charge in [-0.1, -0.05) is 12.1 Å². The molecule has 114 valence electrons. The summed E-state index contributed by atoms with van der Waals surface area (Å²) >= 11 is 0.967. The molecule has 1 aliphatic heterocycles. The first-order valence-electron chi connectivity index (χ1n) is 6.84. The highest BCUT2D eigenvalue weighted by Gasteiger charge is 2.28. The third-order valence-corrected chi connectivity index (χ3v) is 4.89. The lowest BCUT2D eigenvalue weighted by atomic mass is 10.0. The maximum absolute atomic E-state index is 12.2. The minimum absolute atomic E-state index is 0.152. The van der Waals surface area contributed by atoms with Gasteiger partial charge in [0, 0.05) is 5.56 Å². The molecule has 0 bridgehead atoms. The Labute approximate surface area is 131 Å². The first-order valence-corrected chi connectivity index (χ1v) is 7.66. The van der Waals surface area contributed by atoms with E-state index >= 15 is 0 Å². The molecule has 2 aromatic rings. The number of hydrogen-bond donors (Lipinski definition) is 2. The molecular weight excluding hydrogens is 302 g/mol. The van der Waals surface area contributed by atoms with Crippen molar-refractivity contribution in [1.29, 1.82) is 0 Å². The third-order valence-electron chi connectivity index (χ3n) is 3.82. The van der Waals surface area contributed by atoms with Crippen molar-refractivity contribution in [3.8, 4) is 5.75 Å². The predicted molar refractivity (Wildman–Crippen MR) is 82.9 cm³/mol. The van der Waals surface area contributed by atoms with E-state index in [1.807, 2.05) is 26.0 Å². The summed E-state index contributed by atoms with van der Waals surface area (Å²) in [6.07, 6.45) is 0. The van der Waals surface area contributed by atoms with E-state index in [-0.39, 0.29) is 16.8 Å². The molecule has 1 amide bonds. The number of fused-ring (bicyclic) bond motifs is 1. The van der Waals surface area contributed by atoms with Crippen LogP contribution in [-0.2, 0) is 0 Å². The monoisotopic (exact) mass is 317 g/mol. The lowest BCUT2D eigenvalue weighted by molar-refractivity contribution is 0.0702. The number of rotatable bonds is 3. The van der Waals surface area contributed by atoms with Crippen LogP contribution >= 0.6 is 11.3 Å². The van der Waals surface area contributed by atoms with Gasteiger partial charge in [-0.3, -0.25) is 4.79 Å². The molecule has 2 heterocycles. The highest BCUT2D eigenvalue weighted by Crippen LogP contribution is 2.36. The van der Waals surface area contributed by atoms with Crippen molar-refractivity contribution in [3.05, 3.63) is 50.7 Å². The van der Waals surface area contributed by atoms with Gasteiger partial charge in [-0.25, -0.2) is 4.79 Å². The van der Waals surface area contributed by atoms with Crippen LogP contribution in [0.4, 0.5) is 0 Å². The second kappa shape index (κ2) is 5.46. The number of thiophene rings is 1. The Hall–Kier alpha value is -2.34. The van der Waals surface area contributed by atoms with Gasteiger partial charge in [-0.05, 0) is 37.1 Å². The van der Waals surface area contributed by atoms with Crippen molar-refractivity contribution < 1.29 is 19.4 Å². The SMILES string of the molecule is Cc1ccc2c(c1C)OCC2NC(=O)c1ccc(C(=O)O)s1. The largest absolute Gasteiger partial charge is 0.490 e. The van der Waals surface area contributed by atoms with Crippen LogP contribution in [0.5, 0.6) is 5.75 Å². The average molecular weight is 317 g/mol. The van der Waals surface area contributed by atoms with E-state index in [9.17, 15) is 9.59 Å². The highest BCUT2D eigenvalue weighted by atomic mass is 32.1. The smallest absolute Gasteiger partial charge is 0.345 e. The van der Waals surface area contributed by atoms with Gasteiger partial charge in [0.15, 0.2) is 0 Å². The number of amides is 1. The Morgan fingerprint density at radius 3 is 2.64 bits per heavy atom. The Bertz CT molecular complexity index is 766. The van der Waals surface area contributed by atoms with E-state index in [2.05, 4.69) is 5.32 Å². The van der Waals surface area contributed by atoms with Crippen molar-refractivity contribution in [3.63, 3.8) is 0 Å². The predicted octanol–water partition coefficient (Wildman–Crippen LogP) is 2.93. The number of ether oxygens (including phenoxy) is 1. The van der Waals surface area contributed by atoms with Gasteiger partial charge in [-0.15, -0.1) is 11.3 Å². The Kier molecular flexibility index (Phi) is 3.62. The maximum atomic E-state index is 12.2. The molecule has 0 saturated carbocycles. The first kappa shape index (κ1) is 14.6. The number of nitrogens with one attached hydrogen (secondary N) is 1. The summed E-state index contributed by atoms with van der Waals surface area (Å²) in [5.74, 6) is -0.468. The summed E-state index contributed by atoms with van der Waals surface area (Å²) in [6.45, 7) is 4.41. The molecule has 1 aromatic heterocycles. The van der Waals surface area contributed by atoms with Crippen LogP contribution < -0.4 is 10.1 Å². The van der Waals surface area contributed by atoms with E-state index < -0.39 is 5.97 Å². The minimum atomic E-state index is -1.02. The lowest BCUT2D eigenvalue weighted by Gasteiger charge is -2.11. The number of carboxylic acids is 1. The zero-order chi connectivity index (χ0) is 15.9. The number of carboxylic acid groups (broad SMARTS) is 1. The van der Waals surface area contributed by atoms with Crippen LogP contribution in [0.2, 0.25) is 0 Å². The molecule has 1 atom stereocenters. The van der Waals surface area contributed by atoms with E-state index in [4.69, 9.17) is 9.84 Å². The van der Waals surface area contributed by atoms with Crippen LogP contribution in [0.25, 0.3) is 0 Å². The fraction of sp³-hybridized carbons (Fsp3) is 0.250. The molecule has 5 nitrogen and oxygen atoms in total. The topological polar surface area (TPSA) is 75.6 Å². The van der Waals surface area contributed by atoms with Crippen molar-refractivity contribution in [2.24, 2.45) is 0 Å². The summed E-state index contributed by atoms with van der Waals surface area (Å²) in [4.78, 5) is 23.7. The Morgan fingerprint density at radius 1 is 1.23 bits per heavy atom. The van der Waals surface area contributed by atoms with Gasteiger partial charge in [0.2, 0.25) is 0 Å². The Morgan fingerprint density at radius 2 is 1.95 bits per heavy atom. The molecule has 2 N–H and O–H groups in total. The Balaban J connectivity index is 1.79. The molecule has 6 heteroatoms. The standard InChI is InChI=1S/C16H15NO4S/c1-8-3-4-10-11(7-21-14(10)9(8)2)17-15(18)12-5-6-13(22-12)16(19)20/h3-6,11H,7H2,1-2H3,(H,17,18)(H,19,20). The van der Waals surface area contributed by atoms with Crippen LogP contribution in [0, 0.1) is 13.8 Å². The van der Waals surface area contributed by atoms with Crippen LogP contribution in [0.15, 0.2) is 24.3 Å². The fourth-order valence-corrected chi connectivity index (χ4v) is 3.21. The lowest BCUT2D eigenvalue weighted by Crippen LogP contribution is -2.28. The molecular formula is C16H15NO4S. The first-order chi connectivity index (χ1) is 10.5. The maximum Gasteiger partial charge on any atom is 0.345 e. The average Bonchev–Trinajstić information content (AvgIpc) is 3.10. The summed E-state index contributed by atoms with van der Waals surface area (Å²) in [6, 6.07) is 6.73. The van der Waals surface area contributed by atoms with Crippen molar-refractivity contribution in [1.82, 2.24) is 5.32 Å². The van der Waals surface area contributed by atoms with Gasteiger partial charge in [0.1, 0.15) is 17.2 Å². The van der Waals surface area contributed by atoms with Gasteiger partial charge < -0.3 is 15.2 Å². The third kappa shape index (κ3) is 2.46. The molecule has 0 spiro atoms.